The van der Waals surface area contributed by atoms with Gasteiger partial charge in [-0.3, -0.25) is 0 Å². The first-order valence-corrected chi connectivity index (χ1v) is 7.26. The molecule has 0 aromatic heterocycles. The van der Waals surface area contributed by atoms with E-state index in [1.807, 2.05) is 11.8 Å². The maximum atomic E-state index is 5.46. The van der Waals surface area contributed by atoms with Crippen molar-refractivity contribution in [2.24, 2.45) is 0 Å². The molecule has 2 rings (SSSR count). The van der Waals surface area contributed by atoms with Gasteiger partial charge in [0, 0.05) is 11.3 Å². The summed E-state index contributed by atoms with van der Waals surface area (Å²) in [7, 11) is 1.76. The summed E-state index contributed by atoms with van der Waals surface area (Å²) < 4.78 is 5.46. The van der Waals surface area contributed by atoms with Gasteiger partial charge in [0.2, 0.25) is 0 Å². The number of benzene rings is 1. The molecule has 1 heterocycles. The third-order valence-corrected chi connectivity index (χ3v) is 4.69. The van der Waals surface area contributed by atoms with E-state index in [4.69, 9.17) is 4.74 Å². The summed E-state index contributed by atoms with van der Waals surface area (Å²) >= 11 is 1.97. The quantitative estimate of drug-likeness (QED) is 0.863. The van der Waals surface area contributed by atoms with Crippen molar-refractivity contribution in [3.8, 4) is 5.75 Å². The molecule has 2 unspecified atom stereocenters. The molecule has 1 aliphatic heterocycles. The molecular weight excluding hydrogens is 230 g/mol. The Bertz CT molecular complexity index is 380. The topological polar surface area (TPSA) is 21.3 Å². The van der Waals surface area contributed by atoms with Gasteiger partial charge in [0.1, 0.15) is 5.75 Å². The van der Waals surface area contributed by atoms with Gasteiger partial charge in [0.15, 0.2) is 0 Å². The van der Waals surface area contributed by atoms with Crippen molar-refractivity contribution in [2.45, 2.75) is 42.9 Å². The second kappa shape index (κ2) is 5.78. The molecule has 17 heavy (non-hydrogen) atoms. The van der Waals surface area contributed by atoms with Crippen LogP contribution in [0.5, 0.6) is 5.75 Å². The summed E-state index contributed by atoms with van der Waals surface area (Å²) in [6, 6.07) is 6.86. The summed E-state index contributed by atoms with van der Waals surface area (Å²) in [5.74, 6) is 1.02. The van der Waals surface area contributed by atoms with Crippen LogP contribution < -0.4 is 10.1 Å². The third-order valence-electron chi connectivity index (χ3n) is 3.20. The minimum absolute atomic E-state index is 0.482. The number of thioether (sulfide) groups is 1. The standard InChI is InChI=1S/C14H21NOS/c1-4-7-12-13(15-5-2)10-8-6-9-11(16-3)14(10)17-12/h6,8-9,12-13,15H,4-5,7H2,1-3H3. The first-order chi connectivity index (χ1) is 8.31. The molecule has 2 atom stereocenters. The first kappa shape index (κ1) is 12.8. The van der Waals surface area contributed by atoms with Crippen molar-refractivity contribution in [1.29, 1.82) is 0 Å². The molecule has 0 amide bonds. The Morgan fingerprint density at radius 1 is 1.35 bits per heavy atom. The number of ether oxygens (including phenoxy) is 1. The van der Waals surface area contributed by atoms with Gasteiger partial charge in [-0.25, -0.2) is 0 Å². The molecular formula is C14H21NOS. The predicted octanol–water partition coefficient (Wildman–Crippen LogP) is 3.62. The van der Waals surface area contributed by atoms with Crippen molar-refractivity contribution in [1.82, 2.24) is 5.32 Å². The van der Waals surface area contributed by atoms with Gasteiger partial charge in [-0.05, 0) is 24.6 Å². The molecule has 0 radical (unpaired) electrons. The molecule has 0 aliphatic carbocycles. The Morgan fingerprint density at radius 2 is 2.18 bits per heavy atom. The largest absolute Gasteiger partial charge is 0.496 e. The Hall–Kier alpha value is -0.670. The highest BCUT2D eigenvalue weighted by Gasteiger charge is 2.33. The first-order valence-electron chi connectivity index (χ1n) is 6.38. The monoisotopic (exact) mass is 251 g/mol. The van der Waals surface area contributed by atoms with Crippen LogP contribution in [-0.2, 0) is 0 Å². The summed E-state index contributed by atoms with van der Waals surface area (Å²) in [6.45, 7) is 5.44. The number of fused-ring (bicyclic) bond motifs is 1. The predicted molar refractivity (Wildman–Crippen MR) is 74.0 cm³/mol. The van der Waals surface area contributed by atoms with E-state index < -0.39 is 0 Å². The summed E-state index contributed by atoms with van der Waals surface area (Å²) in [5, 5.41) is 4.26. The van der Waals surface area contributed by atoms with E-state index in [1.165, 1.54) is 23.3 Å². The zero-order valence-corrected chi connectivity index (χ0v) is 11.6. The average Bonchev–Trinajstić information content (AvgIpc) is 2.69. The van der Waals surface area contributed by atoms with Crippen LogP contribution in [0.2, 0.25) is 0 Å². The molecule has 94 valence electrons. The van der Waals surface area contributed by atoms with Gasteiger partial charge >= 0.3 is 0 Å². The molecule has 1 aromatic rings. The van der Waals surface area contributed by atoms with Gasteiger partial charge in [0.25, 0.3) is 0 Å². The van der Waals surface area contributed by atoms with Crippen molar-refractivity contribution >= 4 is 11.8 Å². The molecule has 1 aromatic carbocycles. The third kappa shape index (κ3) is 2.45. The minimum atomic E-state index is 0.482. The number of rotatable bonds is 5. The highest BCUT2D eigenvalue weighted by molar-refractivity contribution is 8.00. The Balaban J connectivity index is 2.31. The van der Waals surface area contributed by atoms with Crippen molar-refractivity contribution in [2.75, 3.05) is 13.7 Å². The van der Waals surface area contributed by atoms with Crippen LogP contribution in [0.3, 0.4) is 0 Å². The van der Waals surface area contributed by atoms with Crippen molar-refractivity contribution in [3.05, 3.63) is 23.8 Å². The molecule has 0 saturated heterocycles. The van der Waals surface area contributed by atoms with Crippen molar-refractivity contribution < 1.29 is 4.74 Å². The summed E-state index contributed by atoms with van der Waals surface area (Å²) in [5.41, 5.74) is 1.41. The van der Waals surface area contributed by atoms with Crippen LogP contribution in [0, 0.1) is 0 Å². The fraction of sp³-hybridized carbons (Fsp3) is 0.571. The molecule has 1 N–H and O–H groups in total. The van der Waals surface area contributed by atoms with Crippen LogP contribution in [0.4, 0.5) is 0 Å². The van der Waals surface area contributed by atoms with E-state index in [0.29, 0.717) is 11.3 Å². The summed E-state index contributed by atoms with van der Waals surface area (Å²) in [6.07, 6.45) is 2.48. The van der Waals surface area contributed by atoms with Crippen LogP contribution in [0.1, 0.15) is 38.3 Å². The number of nitrogens with one attached hydrogen (secondary N) is 1. The highest BCUT2D eigenvalue weighted by atomic mass is 32.2. The van der Waals surface area contributed by atoms with E-state index >= 15 is 0 Å². The SMILES string of the molecule is CCCC1Sc2c(OC)cccc2C1NCC. The molecule has 3 heteroatoms. The van der Waals surface area contributed by atoms with E-state index in [0.717, 1.165) is 12.3 Å². The second-order valence-electron chi connectivity index (χ2n) is 4.36. The zero-order chi connectivity index (χ0) is 12.3. The maximum absolute atomic E-state index is 5.46. The number of hydrogen-bond donors (Lipinski definition) is 1. The minimum Gasteiger partial charge on any atom is -0.496 e. The van der Waals surface area contributed by atoms with Crippen LogP contribution >= 0.6 is 11.8 Å². The molecule has 2 nitrogen and oxygen atoms in total. The molecule has 0 spiro atoms. The number of methoxy groups -OCH3 is 1. The van der Waals surface area contributed by atoms with Gasteiger partial charge < -0.3 is 10.1 Å². The smallest absolute Gasteiger partial charge is 0.132 e. The molecule has 1 aliphatic rings. The van der Waals surface area contributed by atoms with Crippen LogP contribution in [-0.4, -0.2) is 18.9 Å². The highest BCUT2D eigenvalue weighted by Crippen LogP contribution is 2.49. The Labute approximate surface area is 108 Å². The normalized spacial score (nSPS) is 22.5. The van der Waals surface area contributed by atoms with Gasteiger partial charge in [-0.1, -0.05) is 32.4 Å². The van der Waals surface area contributed by atoms with Crippen molar-refractivity contribution in [3.63, 3.8) is 0 Å². The lowest BCUT2D eigenvalue weighted by atomic mass is 10.0. The lowest BCUT2D eigenvalue weighted by Gasteiger charge is -2.19. The lowest BCUT2D eigenvalue weighted by Crippen LogP contribution is -2.26. The second-order valence-corrected chi connectivity index (χ2v) is 5.61. The van der Waals surface area contributed by atoms with Gasteiger partial charge in [0.05, 0.1) is 12.0 Å². The van der Waals surface area contributed by atoms with E-state index in [9.17, 15) is 0 Å². The molecule has 0 fully saturated rings. The van der Waals surface area contributed by atoms with E-state index in [-0.39, 0.29) is 0 Å². The number of hydrogen-bond acceptors (Lipinski definition) is 3. The Kier molecular flexibility index (Phi) is 4.35. The van der Waals surface area contributed by atoms with Crippen LogP contribution in [0.15, 0.2) is 23.1 Å². The van der Waals surface area contributed by atoms with Gasteiger partial charge in [-0.15, -0.1) is 11.8 Å². The fourth-order valence-electron chi connectivity index (χ4n) is 2.46. The Morgan fingerprint density at radius 3 is 2.82 bits per heavy atom. The van der Waals surface area contributed by atoms with E-state index in [1.54, 1.807) is 7.11 Å². The fourth-order valence-corrected chi connectivity index (χ4v) is 4.09. The van der Waals surface area contributed by atoms with Gasteiger partial charge in [-0.2, -0.15) is 0 Å². The molecule has 0 saturated carbocycles. The zero-order valence-electron chi connectivity index (χ0n) is 10.8. The maximum Gasteiger partial charge on any atom is 0.132 e. The van der Waals surface area contributed by atoms with E-state index in [2.05, 4.69) is 37.4 Å². The lowest BCUT2D eigenvalue weighted by molar-refractivity contribution is 0.403. The summed E-state index contributed by atoms with van der Waals surface area (Å²) in [4.78, 5) is 1.33. The van der Waals surface area contributed by atoms with Crippen LogP contribution in [0.25, 0.3) is 0 Å². The molecule has 0 bridgehead atoms. The average molecular weight is 251 g/mol.